The summed E-state index contributed by atoms with van der Waals surface area (Å²) >= 11 is 39.0. The van der Waals surface area contributed by atoms with Crippen LogP contribution in [0, 0.1) is 41.5 Å². The molecule has 0 aromatic carbocycles. The number of aryl methyl sites for hydroxylation is 6. The standard InChI is InChI=1S/3C34H34Cl2N4O4.2Co/c3*1-6-20-16(2)26-13-31-34(23(36)15-35)19(5)27(40-31)11-24-17(3)21(7-9-32(41)42)29(38-24)14-30-22(8-10-33(43)44)18(4)25(39-30)12-28(20)37-26;;/h3*6,11-14,23,37,40H,1,7-10,15H2,2-5H3,(H,41,42)(H,43,44);;/q;;;2*+3/p-6. The molecular formula is C102H96Cl6Co2N12O12. The largest absolute Gasteiger partial charge is 3.00 e. The molecule has 0 radical (unpaired) electrons. The first-order valence-electron chi connectivity index (χ1n) is 42.9. The molecule has 6 N–H and O–H groups in total. The van der Waals surface area contributed by atoms with Crippen LogP contribution in [-0.4, -0.2) is 113 Å². The number of carbonyl (C=O) groups is 6. The van der Waals surface area contributed by atoms with Gasteiger partial charge in [0.2, 0.25) is 0 Å². The van der Waals surface area contributed by atoms with Gasteiger partial charge in [-0.15, -0.1) is 69.6 Å². The van der Waals surface area contributed by atoms with Crippen molar-refractivity contribution in [1.29, 1.82) is 0 Å². The van der Waals surface area contributed by atoms with Gasteiger partial charge in [-0.1, -0.05) is 38.0 Å². The number of alkyl halides is 6. The molecule has 0 saturated heterocycles. The van der Waals surface area contributed by atoms with Crippen LogP contribution in [0.5, 0.6) is 0 Å². The van der Waals surface area contributed by atoms with Gasteiger partial charge in [0, 0.05) is 136 Å². The van der Waals surface area contributed by atoms with Crippen LogP contribution in [0.4, 0.5) is 0 Å². The molecule has 0 saturated carbocycles. The minimum Gasteiger partial charge on any atom is -0.550 e. The van der Waals surface area contributed by atoms with Crippen LogP contribution < -0.4 is 30.6 Å². The van der Waals surface area contributed by atoms with Gasteiger partial charge in [0.1, 0.15) is 0 Å². The average molecular weight is 2010 g/mol. The predicted molar refractivity (Wildman–Crippen MR) is 520 cm³/mol. The van der Waals surface area contributed by atoms with E-state index in [0.717, 1.165) is 200 Å². The van der Waals surface area contributed by atoms with Gasteiger partial charge in [0.05, 0.1) is 84.5 Å². The molecule has 134 heavy (non-hydrogen) atoms. The van der Waals surface area contributed by atoms with Crippen LogP contribution in [-0.2, 0) is 62.3 Å². The zero-order valence-corrected chi connectivity index (χ0v) is 82.3. The first-order chi connectivity index (χ1) is 62.8. The maximum Gasteiger partial charge on any atom is 3.00 e. The van der Waals surface area contributed by atoms with Crippen LogP contribution >= 0.6 is 69.6 Å². The summed E-state index contributed by atoms with van der Waals surface area (Å²) in [5.41, 5.74) is 37.8. The van der Waals surface area contributed by atoms with Gasteiger partial charge in [-0.3, -0.25) is 0 Å². The summed E-state index contributed by atoms with van der Waals surface area (Å²) in [6, 6.07) is 23.0. The fourth-order valence-corrected chi connectivity index (χ4v) is 19.2. The predicted octanol–water partition coefficient (Wildman–Crippen LogP) is 18.0. The molecule has 0 aliphatic carbocycles. The van der Waals surface area contributed by atoms with Crippen molar-refractivity contribution in [3.63, 3.8) is 0 Å². The number of hydrogen-bond donors (Lipinski definition) is 6. The minimum absolute atomic E-state index is 0. The molecule has 6 aliphatic rings. The molecule has 9 aromatic rings. The molecule has 24 bridgehead atoms. The van der Waals surface area contributed by atoms with E-state index in [1.54, 1.807) is 18.2 Å². The molecule has 6 aliphatic heterocycles. The molecule has 3 unspecified atom stereocenters. The first-order valence-corrected chi connectivity index (χ1v) is 45.9. The zero-order chi connectivity index (χ0) is 95.6. The van der Waals surface area contributed by atoms with Crippen molar-refractivity contribution in [1.82, 2.24) is 59.8 Å². The van der Waals surface area contributed by atoms with E-state index in [2.05, 4.69) is 49.6 Å². The molecule has 15 rings (SSSR count). The van der Waals surface area contributed by atoms with E-state index < -0.39 is 51.9 Å². The van der Waals surface area contributed by atoms with Crippen molar-refractivity contribution in [2.24, 2.45) is 0 Å². The Hall–Kier alpha value is -11.4. The summed E-state index contributed by atoms with van der Waals surface area (Å²) in [7, 11) is 0. The van der Waals surface area contributed by atoms with E-state index >= 15 is 0 Å². The molecule has 3 atom stereocenters. The third-order valence-electron chi connectivity index (χ3n) is 25.3. The van der Waals surface area contributed by atoms with Gasteiger partial charge in [0.15, 0.2) is 0 Å². The number of nitrogens with one attached hydrogen (secondary N) is 6. The normalized spacial score (nSPS) is 13.7. The molecule has 9 aromatic heterocycles. The number of allylic oxidation sites excluding steroid dienone is 12. The minimum atomic E-state index is -1.16. The van der Waals surface area contributed by atoms with Crippen LogP contribution in [0.2, 0.25) is 0 Å². The van der Waals surface area contributed by atoms with Crippen LogP contribution in [0.3, 0.4) is 0 Å². The van der Waals surface area contributed by atoms with Crippen molar-refractivity contribution in [2.75, 3.05) is 17.6 Å². The Labute approximate surface area is 824 Å². The van der Waals surface area contributed by atoms with E-state index in [1.807, 2.05) is 156 Å². The van der Waals surface area contributed by atoms with Gasteiger partial charge in [-0.25, -0.2) is 29.9 Å². The Morgan fingerprint density at radius 1 is 0.269 bits per heavy atom. The molecular weight excluding hydrogens is 1920 g/mol. The third-order valence-corrected chi connectivity index (χ3v) is 27.9. The SMILES string of the molecule is C=Cc1c(C)c2cc3[nH]c(cc4nc(cc5nc(cc1[nH]2)C(C)=C5CCC(=O)[O-])C(CCC(=O)[O-])=C4C)c(C)c3C(Cl)CCl.C=Cc1c(C)c2cc3[nH]c(cc4nc(cc5nc(cc1[nH]2)C(C)=C5CCC(=O)[O-])C(CCC(=O)[O-])=C4C)c(C)c3C(Cl)CCl.C=Cc1c(C)c2cc3[nH]c(cc4nc(cc5nc(cc1[nH]2)C(C)=C5CCC(=O)[O-])C(CCC(=O)[O-])=C4C)c(C)c3C(Cl)CCl.[Co+3].[Co+3]. The van der Waals surface area contributed by atoms with Crippen molar-refractivity contribution in [3.8, 4) is 0 Å². The summed E-state index contributed by atoms with van der Waals surface area (Å²) in [5.74, 6) is -6.31. The number of rotatable bonds is 27. The molecule has 24 nitrogen and oxygen atoms in total. The molecule has 0 spiro atoms. The Morgan fingerprint density at radius 3 is 0.597 bits per heavy atom. The molecule has 0 amide bonds. The van der Waals surface area contributed by atoms with Crippen molar-refractivity contribution in [2.45, 2.75) is 176 Å². The number of carboxylic acid groups (broad SMARTS) is 6. The van der Waals surface area contributed by atoms with Crippen molar-refractivity contribution >= 4 is 257 Å². The van der Waals surface area contributed by atoms with Gasteiger partial charge in [-0.05, 0) is 350 Å². The summed E-state index contributed by atoms with van der Waals surface area (Å²) in [4.78, 5) is 119. The number of aliphatic carboxylic acids is 6. The smallest absolute Gasteiger partial charge is 0.550 e. The number of aromatic nitrogens is 12. The number of halogens is 6. The van der Waals surface area contributed by atoms with Crippen molar-refractivity contribution in [3.05, 3.63) is 228 Å². The maximum atomic E-state index is 11.4. The van der Waals surface area contributed by atoms with Crippen molar-refractivity contribution < 1.29 is 93.0 Å². The number of carboxylic acids is 6. The van der Waals surface area contributed by atoms with Gasteiger partial charge in [0.25, 0.3) is 0 Å². The van der Waals surface area contributed by atoms with Gasteiger partial charge < -0.3 is 89.3 Å². The molecule has 696 valence electrons. The molecule has 32 heteroatoms. The summed E-state index contributed by atoms with van der Waals surface area (Å²) in [6.45, 7) is 35.5. The quantitative estimate of drug-likeness (QED) is 0.0260. The fourth-order valence-electron chi connectivity index (χ4n) is 17.9. The number of hydrogen-bond acceptors (Lipinski definition) is 18. The summed E-state index contributed by atoms with van der Waals surface area (Å²) in [6.07, 6.45) is 5.62. The molecule has 15 heterocycles. The Morgan fingerprint density at radius 2 is 0.433 bits per heavy atom. The second-order valence-corrected chi connectivity index (χ2v) is 35.8. The van der Waals surface area contributed by atoms with E-state index in [1.165, 1.54) is 0 Å². The number of carbonyl (C=O) groups excluding carboxylic acids is 6. The second-order valence-electron chi connectivity index (χ2n) is 33.3. The Bertz CT molecular complexity index is 6520. The monoisotopic (exact) mass is 2010 g/mol. The van der Waals surface area contributed by atoms with Crippen LogP contribution in [0.1, 0.15) is 270 Å². The Kier molecular flexibility index (Phi) is 33.5. The number of fused-ring (bicyclic) bond motifs is 24. The fraction of sp³-hybridized carbons (Fsp3) is 0.294. The first kappa shape index (κ1) is 103. The van der Waals surface area contributed by atoms with Crippen LogP contribution in [0.25, 0.3) is 151 Å². The number of H-pyrrole nitrogens is 6. The average Bonchev–Trinajstić information content (AvgIpc) is 1.62. The summed E-state index contributed by atoms with van der Waals surface area (Å²) < 4.78 is 0. The second kappa shape index (κ2) is 43.5. The number of aromatic amines is 6. The maximum absolute atomic E-state index is 11.4. The van der Waals surface area contributed by atoms with E-state index in [9.17, 15) is 59.4 Å². The van der Waals surface area contributed by atoms with Gasteiger partial charge >= 0.3 is 33.6 Å². The van der Waals surface area contributed by atoms with Gasteiger partial charge in [-0.2, -0.15) is 0 Å². The van der Waals surface area contributed by atoms with Crippen LogP contribution in [0.15, 0.2) is 92.5 Å². The third kappa shape index (κ3) is 21.6. The zero-order valence-electron chi connectivity index (χ0n) is 75.6. The van der Waals surface area contributed by atoms with E-state index in [-0.39, 0.29) is 128 Å². The summed E-state index contributed by atoms with van der Waals surface area (Å²) in [5, 5.41) is 67.3. The number of nitrogens with zero attached hydrogens (tertiary/aromatic N) is 6. The molecule has 0 fully saturated rings. The van der Waals surface area contributed by atoms with E-state index in [0.29, 0.717) is 68.3 Å². The topological polar surface area (TPSA) is 413 Å². The Balaban J connectivity index is 0.000000192. The van der Waals surface area contributed by atoms with E-state index in [4.69, 9.17) is 99.5 Å².